The smallest absolute Gasteiger partial charge is 0.0785 e. The zero-order valence-electron chi connectivity index (χ0n) is 7.78. The largest absolute Gasteiger partial charge is 0.271 e. The molecular weight excluding hydrogens is 204 g/mol. The summed E-state index contributed by atoms with van der Waals surface area (Å²) in [5, 5.41) is 4.82. The Bertz CT molecular complexity index is 250. The van der Waals surface area contributed by atoms with Crippen LogP contribution in [0.3, 0.4) is 0 Å². The number of halogens is 1. The maximum absolute atomic E-state index is 5.74. The molecule has 0 saturated heterocycles. The number of thiol groups is 1. The van der Waals surface area contributed by atoms with E-state index in [1.165, 1.54) is 0 Å². The van der Waals surface area contributed by atoms with Crippen molar-refractivity contribution in [2.45, 2.75) is 26.3 Å². The molecule has 0 amide bonds. The van der Waals surface area contributed by atoms with Gasteiger partial charge in [-0.15, -0.1) is 0 Å². The third-order valence-corrected chi connectivity index (χ3v) is 2.53. The summed E-state index contributed by atoms with van der Waals surface area (Å²) in [6.07, 6.45) is 5.83. The maximum Gasteiger partial charge on any atom is 0.0785 e. The minimum absolute atomic E-state index is 0.709. The fourth-order valence-electron chi connectivity index (χ4n) is 1.18. The molecule has 4 heteroatoms. The molecule has 74 valence electrons. The van der Waals surface area contributed by atoms with Crippen LogP contribution in [-0.2, 0) is 6.54 Å². The molecule has 0 aliphatic carbocycles. The van der Waals surface area contributed by atoms with Crippen LogP contribution in [0.15, 0.2) is 12.4 Å². The Morgan fingerprint density at radius 2 is 2.38 bits per heavy atom. The number of nitrogens with zero attached hydrogens (tertiary/aromatic N) is 2. The van der Waals surface area contributed by atoms with Crippen LogP contribution in [0.25, 0.3) is 0 Å². The van der Waals surface area contributed by atoms with Crippen LogP contribution in [0.5, 0.6) is 0 Å². The zero-order chi connectivity index (χ0) is 9.68. The van der Waals surface area contributed by atoms with Gasteiger partial charge >= 0.3 is 0 Å². The lowest BCUT2D eigenvalue weighted by Crippen LogP contribution is -2.04. The second-order valence-electron chi connectivity index (χ2n) is 3.33. The van der Waals surface area contributed by atoms with Gasteiger partial charge in [-0.05, 0) is 24.5 Å². The van der Waals surface area contributed by atoms with Gasteiger partial charge in [-0.25, -0.2) is 0 Å². The SMILES string of the molecule is CC(CCS)CCn1cc(Cl)cn1. The van der Waals surface area contributed by atoms with E-state index in [1.807, 2.05) is 10.9 Å². The van der Waals surface area contributed by atoms with Crippen molar-refractivity contribution in [3.05, 3.63) is 17.4 Å². The summed E-state index contributed by atoms with van der Waals surface area (Å²) in [5.74, 6) is 1.67. The van der Waals surface area contributed by atoms with Gasteiger partial charge in [-0.2, -0.15) is 17.7 Å². The standard InChI is InChI=1S/C9H15ClN2S/c1-8(3-5-13)2-4-12-7-9(10)6-11-12/h6-8,13H,2-5H2,1H3. The molecule has 1 rings (SSSR count). The summed E-state index contributed by atoms with van der Waals surface area (Å²) in [5.41, 5.74) is 0. The lowest BCUT2D eigenvalue weighted by atomic mass is 10.1. The Kier molecular flexibility index (Phi) is 4.67. The van der Waals surface area contributed by atoms with Gasteiger partial charge in [0.15, 0.2) is 0 Å². The number of hydrogen-bond acceptors (Lipinski definition) is 2. The summed E-state index contributed by atoms with van der Waals surface area (Å²) in [6.45, 7) is 3.18. The van der Waals surface area contributed by atoms with E-state index in [4.69, 9.17) is 11.6 Å². The molecule has 0 saturated carbocycles. The first-order valence-electron chi connectivity index (χ1n) is 4.51. The molecule has 0 aromatic carbocycles. The fourth-order valence-corrected chi connectivity index (χ4v) is 1.78. The molecule has 0 bridgehead atoms. The van der Waals surface area contributed by atoms with E-state index in [2.05, 4.69) is 24.7 Å². The fraction of sp³-hybridized carbons (Fsp3) is 0.667. The predicted molar refractivity (Wildman–Crippen MR) is 59.5 cm³/mol. The summed E-state index contributed by atoms with van der Waals surface area (Å²) in [6, 6.07) is 0. The Morgan fingerprint density at radius 1 is 1.62 bits per heavy atom. The van der Waals surface area contributed by atoms with Gasteiger partial charge in [-0.3, -0.25) is 4.68 Å². The topological polar surface area (TPSA) is 17.8 Å². The monoisotopic (exact) mass is 218 g/mol. The third kappa shape index (κ3) is 4.05. The molecule has 0 N–H and O–H groups in total. The molecule has 0 aliphatic heterocycles. The predicted octanol–water partition coefficient (Wildman–Crippen LogP) is 2.88. The first kappa shape index (κ1) is 10.9. The van der Waals surface area contributed by atoms with E-state index in [-0.39, 0.29) is 0 Å². The van der Waals surface area contributed by atoms with E-state index < -0.39 is 0 Å². The Hall–Kier alpha value is -0.150. The molecule has 0 spiro atoms. The summed E-state index contributed by atoms with van der Waals surface area (Å²) in [4.78, 5) is 0. The minimum atomic E-state index is 0.709. The van der Waals surface area contributed by atoms with E-state index in [9.17, 15) is 0 Å². The highest BCUT2D eigenvalue weighted by atomic mass is 35.5. The molecule has 1 atom stereocenters. The van der Waals surface area contributed by atoms with Crippen LogP contribution in [0, 0.1) is 5.92 Å². The van der Waals surface area contributed by atoms with Gasteiger partial charge in [-0.1, -0.05) is 18.5 Å². The van der Waals surface area contributed by atoms with Crippen molar-refractivity contribution in [2.75, 3.05) is 5.75 Å². The lowest BCUT2D eigenvalue weighted by molar-refractivity contribution is 0.451. The number of aromatic nitrogens is 2. The van der Waals surface area contributed by atoms with E-state index >= 15 is 0 Å². The first-order valence-corrected chi connectivity index (χ1v) is 5.52. The van der Waals surface area contributed by atoms with Crippen molar-refractivity contribution in [2.24, 2.45) is 5.92 Å². The number of aryl methyl sites for hydroxylation is 1. The second-order valence-corrected chi connectivity index (χ2v) is 4.21. The van der Waals surface area contributed by atoms with Gasteiger partial charge in [0.25, 0.3) is 0 Å². The average Bonchev–Trinajstić information content (AvgIpc) is 2.49. The van der Waals surface area contributed by atoms with Crippen LogP contribution in [0.4, 0.5) is 0 Å². The van der Waals surface area contributed by atoms with Crippen molar-refractivity contribution in [3.8, 4) is 0 Å². The molecule has 0 aliphatic rings. The molecule has 0 radical (unpaired) electrons. The van der Waals surface area contributed by atoms with Gasteiger partial charge < -0.3 is 0 Å². The van der Waals surface area contributed by atoms with Crippen molar-refractivity contribution >= 4 is 24.2 Å². The molecule has 1 aromatic rings. The molecule has 1 heterocycles. The Labute approximate surface area is 89.7 Å². The van der Waals surface area contributed by atoms with Crippen molar-refractivity contribution in [1.29, 1.82) is 0 Å². The highest BCUT2D eigenvalue weighted by Crippen LogP contribution is 2.11. The highest BCUT2D eigenvalue weighted by Gasteiger charge is 2.01. The Morgan fingerprint density at radius 3 is 2.92 bits per heavy atom. The van der Waals surface area contributed by atoms with Crippen molar-refractivity contribution in [3.63, 3.8) is 0 Å². The summed E-state index contributed by atoms with van der Waals surface area (Å²) in [7, 11) is 0. The number of rotatable bonds is 5. The van der Waals surface area contributed by atoms with E-state index in [0.29, 0.717) is 10.9 Å². The molecule has 1 unspecified atom stereocenters. The van der Waals surface area contributed by atoms with Crippen LogP contribution in [0.1, 0.15) is 19.8 Å². The van der Waals surface area contributed by atoms with Gasteiger partial charge in [0.05, 0.1) is 11.2 Å². The second kappa shape index (κ2) is 5.55. The molecular formula is C9H15ClN2S. The van der Waals surface area contributed by atoms with Crippen LogP contribution < -0.4 is 0 Å². The van der Waals surface area contributed by atoms with Gasteiger partial charge in [0.1, 0.15) is 0 Å². The quantitative estimate of drug-likeness (QED) is 0.753. The first-order chi connectivity index (χ1) is 6.22. The van der Waals surface area contributed by atoms with E-state index in [0.717, 1.165) is 25.1 Å². The lowest BCUT2D eigenvalue weighted by Gasteiger charge is -2.08. The molecule has 1 aromatic heterocycles. The summed E-state index contributed by atoms with van der Waals surface area (Å²) >= 11 is 9.94. The highest BCUT2D eigenvalue weighted by molar-refractivity contribution is 7.80. The summed E-state index contributed by atoms with van der Waals surface area (Å²) < 4.78 is 1.89. The molecule has 2 nitrogen and oxygen atoms in total. The van der Waals surface area contributed by atoms with E-state index in [1.54, 1.807) is 6.20 Å². The van der Waals surface area contributed by atoms with Crippen molar-refractivity contribution < 1.29 is 0 Å². The van der Waals surface area contributed by atoms with Crippen LogP contribution in [-0.4, -0.2) is 15.5 Å². The van der Waals surface area contributed by atoms with Gasteiger partial charge in [0.2, 0.25) is 0 Å². The number of hydrogen-bond donors (Lipinski definition) is 1. The average molecular weight is 219 g/mol. The molecule has 13 heavy (non-hydrogen) atoms. The third-order valence-electron chi connectivity index (χ3n) is 2.07. The van der Waals surface area contributed by atoms with Crippen molar-refractivity contribution in [1.82, 2.24) is 9.78 Å². The van der Waals surface area contributed by atoms with Gasteiger partial charge in [0, 0.05) is 12.7 Å². The van der Waals surface area contributed by atoms with Crippen LogP contribution in [0.2, 0.25) is 5.02 Å². The Balaban J connectivity index is 2.26. The minimum Gasteiger partial charge on any atom is -0.271 e. The zero-order valence-corrected chi connectivity index (χ0v) is 9.43. The molecule has 0 fully saturated rings. The normalized spacial score (nSPS) is 13.2. The van der Waals surface area contributed by atoms with Crippen LogP contribution >= 0.6 is 24.2 Å². The maximum atomic E-state index is 5.74.